The molecule has 0 unspecified atom stereocenters. The van der Waals surface area contributed by atoms with E-state index in [9.17, 15) is 13.6 Å². The number of aryl methyl sites for hydroxylation is 2. The molecule has 5 nitrogen and oxygen atoms in total. The number of aromatic nitrogens is 1. The van der Waals surface area contributed by atoms with Gasteiger partial charge in [-0.25, -0.2) is 4.98 Å². The molecule has 112 valence electrons. The molecule has 0 aliphatic rings. The molecule has 1 amide bonds. The molecule has 2 aromatic rings. The van der Waals surface area contributed by atoms with Crippen molar-refractivity contribution < 1.29 is 22.7 Å². The molecule has 0 spiro atoms. The number of benzene rings is 1. The van der Waals surface area contributed by atoms with Crippen LogP contribution in [0.25, 0.3) is 0 Å². The summed E-state index contributed by atoms with van der Waals surface area (Å²) in [7, 11) is 0. The minimum absolute atomic E-state index is 0.000464. The minimum atomic E-state index is -2.89. The quantitative estimate of drug-likeness (QED) is 0.921. The molecule has 0 aliphatic carbocycles. The zero-order valence-electron chi connectivity index (χ0n) is 11.5. The van der Waals surface area contributed by atoms with E-state index in [1.807, 2.05) is 6.92 Å². The number of nitrogens with zero attached hydrogens (tertiary/aromatic N) is 1. The lowest BCUT2D eigenvalue weighted by Gasteiger charge is -2.06. The number of oxazole rings is 1. The Morgan fingerprint density at radius 3 is 2.52 bits per heavy atom. The third-order valence-electron chi connectivity index (χ3n) is 2.81. The second-order valence-corrected chi connectivity index (χ2v) is 4.33. The summed E-state index contributed by atoms with van der Waals surface area (Å²) in [5.41, 5.74) is 1.10. The van der Waals surface area contributed by atoms with Crippen LogP contribution in [-0.2, 0) is 6.54 Å². The van der Waals surface area contributed by atoms with Crippen molar-refractivity contribution in [1.82, 2.24) is 10.3 Å². The van der Waals surface area contributed by atoms with Crippen LogP contribution in [0.5, 0.6) is 5.75 Å². The lowest BCUT2D eigenvalue weighted by molar-refractivity contribution is -0.0498. The first-order chi connectivity index (χ1) is 9.95. The normalized spacial score (nSPS) is 10.7. The highest BCUT2D eigenvalue weighted by atomic mass is 19.3. The predicted molar refractivity (Wildman–Crippen MR) is 70.2 cm³/mol. The van der Waals surface area contributed by atoms with E-state index in [1.165, 1.54) is 24.3 Å². The molecule has 21 heavy (non-hydrogen) atoms. The number of carbonyl (C=O) groups excluding carboxylic acids is 1. The van der Waals surface area contributed by atoms with Crippen LogP contribution in [0.2, 0.25) is 0 Å². The number of alkyl halides is 2. The van der Waals surface area contributed by atoms with E-state index in [-0.39, 0.29) is 18.2 Å². The summed E-state index contributed by atoms with van der Waals surface area (Å²) < 4.78 is 33.5. The Bertz CT molecular complexity index is 604. The van der Waals surface area contributed by atoms with Gasteiger partial charge in [-0.1, -0.05) is 0 Å². The Morgan fingerprint density at radius 1 is 1.33 bits per heavy atom. The number of hydrogen-bond acceptors (Lipinski definition) is 4. The van der Waals surface area contributed by atoms with Crippen molar-refractivity contribution in [1.29, 1.82) is 0 Å². The lowest BCUT2D eigenvalue weighted by Crippen LogP contribution is -2.22. The van der Waals surface area contributed by atoms with Crippen molar-refractivity contribution in [2.45, 2.75) is 27.0 Å². The van der Waals surface area contributed by atoms with Gasteiger partial charge in [0.05, 0.1) is 12.2 Å². The summed E-state index contributed by atoms with van der Waals surface area (Å²) in [5, 5.41) is 2.63. The number of hydrogen-bond donors (Lipinski definition) is 1. The molecule has 0 atom stereocenters. The first kappa shape index (κ1) is 15.0. The van der Waals surface area contributed by atoms with Gasteiger partial charge in [0.1, 0.15) is 11.5 Å². The molecule has 0 fully saturated rings. The van der Waals surface area contributed by atoms with Gasteiger partial charge in [0, 0.05) is 5.56 Å². The Labute approximate surface area is 119 Å². The first-order valence-electron chi connectivity index (χ1n) is 6.21. The topological polar surface area (TPSA) is 64.4 Å². The third kappa shape index (κ3) is 4.01. The highest BCUT2D eigenvalue weighted by molar-refractivity contribution is 5.94. The van der Waals surface area contributed by atoms with Crippen LogP contribution in [0.15, 0.2) is 28.7 Å². The smallest absolute Gasteiger partial charge is 0.387 e. The molecule has 1 aromatic carbocycles. The van der Waals surface area contributed by atoms with Crippen molar-refractivity contribution in [3.63, 3.8) is 0 Å². The Kier molecular flexibility index (Phi) is 4.52. The van der Waals surface area contributed by atoms with Gasteiger partial charge in [-0.2, -0.15) is 8.78 Å². The van der Waals surface area contributed by atoms with E-state index in [0.29, 0.717) is 17.2 Å². The van der Waals surface area contributed by atoms with Crippen LogP contribution in [0.3, 0.4) is 0 Å². The maximum absolute atomic E-state index is 12.0. The van der Waals surface area contributed by atoms with Gasteiger partial charge in [0.2, 0.25) is 5.89 Å². The maximum atomic E-state index is 12.0. The Balaban J connectivity index is 1.93. The van der Waals surface area contributed by atoms with E-state index < -0.39 is 6.61 Å². The largest absolute Gasteiger partial charge is 0.444 e. The molecule has 0 saturated heterocycles. The number of amides is 1. The molecule has 2 rings (SSSR count). The van der Waals surface area contributed by atoms with Crippen LogP contribution in [0.1, 0.15) is 27.7 Å². The van der Waals surface area contributed by atoms with Gasteiger partial charge in [-0.05, 0) is 38.1 Å². The summed E-state index contributed by atoms with van der Waals surface area (Å²) in [5.74, 6) is 0.761. The van der Waals surface area contributed by atoms with Crippen LogP contribution in [0.4, 0.5) is 8.78 Å². The number of nitrogens with one attached hydrogen (secondary N) is 1. The molecule has 7 heteroatoms. The van der Waals surface area contributed by atoms with Crippen molar-refractivity contribution in [2.75, 3.05) is 0 Å². The first-order valence-corrected chi connectivity index (χ1v) is 6.21. The highest BCUT2D eigenvalue weighted by Gasteiger charge is 2.10. The molecular formula is C14H14F2N2O3. The summed E-state index contributed by atoms with van der Waals surface area (Å²) in [4.78, 5) is 16.0. The molecule has 1 N–H and O–H groups in total. The van der Waals surface area contributed by atoms with Crippen LogP contribution < -0.4 is 10.1 Å². The van der Waals surface area contributed by atoms with E-state index in [4.69, 9.17) is 4.42 Å². The second kappa shape index (κ2) is 6.34. The number of ether oxygens (including phenoxy) is 1. The average Bonchev–Trinajstić information content (AvgIpc) is 2.75. The van der Waals surface area contributed by atoms with Gasteiger partial charge in [0.25, 0.3) is 5.91 Å². The van der Waals surface area contributed by atoms with Crippen molar-refractivity contribution in [3.8, 4) is 5.75 Å². The predicted octanol–water partition coefficient (Wildman–Crippen LogP) is 2.82. The van der Waals surface area contributed by atoms with E-state index in [1.54, 1.807) is 6.92 Å². The monoisotopic (exact) mass is 296 g/mol. The molecule has 0 saturated carbocycles. The standard InChI is InChI=1S/C14H14F2N2O3/c1-8-9(2)20-12(18-8)7-17-13(19)10-3-5-11(6-4-10)21-14(15)16/h3-6,14H,7H2,1-2H3,(H,17,19). The summed E-state index contributed by atoms with van der Waals surface area (Å²) in [6, 6.07) is 5.42. The second-order valence-electron chi connectivity index (χ2n) is 4.33. The summed E-state index contributed by atoms with van der Waals surface area (Å²) in [6.45, 7) is 0.866. The van der Waals surface area contributed by atoms with E-state index >= 15 is 0 Å². The van der Waals surface area contributed by atoms with Gasteiger partial charge in [-0.15, -0.1) is 0 Å². The lowest BCUT2D eigenvalue weighted by atomic mass is 10.2. The Hall–Kier alpha value is -2.44. The summed E-state index contributed by atoms with van der Waals surface area (Å²) in [6.07, 6.45) is 0. The number of carbonyl (C=O) groups is 1. The van der Waals surface area contributed by atoms with E-state index in [2.05, 4.69) is 15.0 Å². The Morgan fingerprint density at radius 2 is 2.00 bits per heavy atom. The molecule has 0 radical (unpaired) electrons. The van der Waals surface area contributed by atoms with Crippen LogP contribution >= 0.6 is 0 Å². The van der Waals surface area contributed by atoms with Gasteiger partial charge < -0.3 is 14.5 Å². The van der Waals surface area contributed by atoms with Crippen LogP contribution in [-0.4, -0.2) is 17.5 Å². The maximum Gasteiger partial charge on any atom is 0.387 e. The molecule has 1 heterocycles. The number of rotatable bonds is 5. The van der Waals surface area contributed by atoms with Gasteiger partial charge in [0.15, 0.2) is 0 Å². The number of halogens is 2. The fourth-order valence-corrected chi connectivity index (χ4v) is 1.66. The SMILES string of the molecule is Cc1nc(CNC(=O)c2ccc(OC(F)F)cc2)oc1C. The fraction of sp³-hybridized carbons (Fsp3) is 0.286. The van der Waals surface area contributed by atoms with Crippen molar-refractivity contribution in [3.05, 3.63) is 47.2 Å². The zero-order chi connectivity index (χ0) is 15.4. The van der Waals surface area contributed by atoms with Gasteiger partial charge >= 0.3 is 6.61 Å². The fourth-order valence-electron chi connectivity index (χ4n) is 1.66. The van der Waals surface area contributed by atoms with Gasteiger partial charge in [-0.3, -0.25) is 4.79 Å². The van der Waals surface area contributed by atoms with E-state index in [0.717, 1.165) is 5.69 Å². The average molecular weight is 296 g/mol. The van der Waals surface area contributed by atoms with Crippen LogP contribution in [0, 0.1) is 13.8 Å². The minimum Gasteiger partial charge on any atom is -0.444 e. The molecule has 0 bridgehead atoms. The third-order valence-corrected chi connectivity index (χ3v) is 2.81. The molecule has 1 aromatic heterocycles. The molecule has 0 aliphatic heterocycles. The molecular weight excluding hydrogens is 282 g/mol. The van der Waals surface area contributed by atoms with Crippen molar-refractivity contribution in [2.24, 2.45) is 0 Å². The highest BCUT2D eigenvalue weighted by Crippen LogP contribution is 2.15. The zero-order valence-corrected chi connectivity index (χ0v) is 11.5. The van der Waals surface area contributed by atoms with Crippen molar-refractivity contribution >= 4 is 5.91 Å². The summed E-state index contributed by atoms with van der Waals surface area (Å²) >= 11 is 0.